The zero-order valence-corrected chi connectivity index (χ0v) is 13.7. The van der Waals surface area contributed by atoms with Crippen molar-refractivity contribution in [2.24, 2.45) is 0 Å². The van der Waals surface area contributed by atoms with Crippen LogP contribution < -0.4 is 0 Å². The minimum atomic E-state index is -0.261. The molecule has 0 aliphatic carbocycles. The quantitative estimate of drug-likeness (QED) is 0.881. The molecule has 3 rings (SSSR count). The monoisotopic (exact) mass is 315 g/mol. The number of amides is 1. The Morgan fingerprint density at radius 1 is 1.26 bits per heavy atom. The highest BCUT2D eigenvalue weighted by molar-refractivity contribution is 5.88. The lowest BCUT2D eigenvalue weighted by molar-refractivity contribution is -0.132. The fourth-order valence-electron chi connectivity index (χ4n) is 3.16. The number of benzene rings is 1. The number of para-hydroxylation sites is 1. The number of fused-ring (bicyclic) bond motifs is 1. The molecule has 1 aromatic heterocycles. The van der Waals surface area contributed by atoms with Crippen LogP contribution in [0.5, 0.6) is 0 Å². The number of aromatic amines is 1. The Morgan fingerprint density at radius 3 is 2.74 bits per heavy atom. The molecule has 124 valence electrons. The Balaban J connectivity index is 1.56. The van der Waals surface area contributed by atoms with E-state index in [2.05, 4.69) is 16.0 Å². The molecule has 2 heterocycles. The van der Waals surface area contributed by atoms with Gasteiger partial charge in [-0.1, -0.05) is 25.1 Å². The van der Waals surface area contributed by atoms with Crippen molar-refractivity contribution in [1.82, 2.24) is 14.8 Å². The average Bonchev–Trinajstić information content (AvgIpc) is 2.98. The van der Waals surface area contributed by atoms with Crippen LogP contribution >= 0.6 is 0 Å². The molecule has 5 heteroatoms. The van der Waals surface area contributed by atoms with Gasteiger partial charge in [-0.3, -0.25) is 9.69 Å². The van der Waals surface area contributed by atoms with Crippen molar-refractivity contribution in [1.29, 1.82) is 0 Å². The number of β-amino-alcohol motifs (C(OH)–C–C–N with tert-alkyl or cyclic N) is 1. The van der Waals surface area contributed by atoms with Crippen molar-refractivity contribution < 1.29 is 9.90 Å². The van der Waals surface area contributed by atoms with Gasteiger partial charge in [0.15, 0.2) is 0 Å². The lowest BCUT2D eigenvalue weighted by atomic mass is 10.1. The largest absolute Gasteiger partial charge is 0.392 e. The van der Waals surface area contributed by atoms with Gasteiger partial charge in [0.05, 0.1) is 12.5 Å². The topological polar surface area (TPSA) is 59.6 Å². The van der Waals surface area contributed by atoms with E-state index in [9.17, 15) is 9.90 Å². The summed E-state index contributed by atoms with van der Waals surface area (Å²) in [4.78, 5) is 19.9. The third kappa shape index (κ3) is 3.74. The third-order valence-electron chi connectivity index (χ3n) is 4.68. The van der Waals surface area contributed by atoms with Crippen LogP contribution in [0.3, 0.4) is 0 Å². The van der Waals surface area contributed by atoms with Gasteiger partial charge in [0.25, 0.3) is 0 Å². The van der Waals surface area contributed by atoms with E-state index in [-0.39, 0.29) is 12.0 Å². The van der Waals surface area contributed by atoms with Crippen molar-refractivity contribution in [2.75, 3.05) is 32.7 Å². The molecule has 1 aliphatic heterocycles. The molecule has 0 saturated carbocycles. The van der Waals surface area contributed by atoms with Gasteiger partial charge in [-0.05, 0) is 18.1 Å². The van der Waals surface area contributed by atoms with Crippen molar-refractivity contribution in [3.8, 4) is 0 Å². The first-order valence-corrected chi connectivity index (χ1v) is 8.40. The number of carbonyl (C=O) groups is 1. The van der Waals surface area contributed by atoms with E-state index in [1.165, 1.54) is 0 Å². The number of hydrogen-bond acceptors (Lipinski definition) is 3. The number of carbonyl (C=O) groups excluding carboxylic acids is 1. The van der Waals surface area contributed by atoms with Gasteiger partial charge in [0.2, 0.25) is 5.91 Å². The summed E-state index contributed by atoms with van der Waals surface area (Å²) >= 11 is 0. The minimum Gasteiger partial charge on any atom is -0.392 e. The Labute approximate surface area is 136 Å². The van der Waals surface area contributed by atoms with Gasteiger partial charge in [-0.25, -0.2) is 0 Å². The summed E-state index contributed by atoms with van der Waals surface area (Å²) in [6, 6.07) is 8.08. The number of aliphatic hydroxyl groups is 1. The summed E-state index contributed by atoms with van der Waals surface area (Å²) in [6.45, 7) is 5.88. The molecule has 2 N–H and O–H groups in total. The number of aromatic nitrogens is 1. The van der Waals surface area contributed by atoms with Crippen LogP contribution in [0.25, 0.3) is 10.9 Å². The van der Waals surface area contributed by atoms with Gasteiger partial charge in [0.1, 0.15) is 0 Å². The molecular weight excluding hydrogens is 290 g/mol. The zero-order chi connectivity index (χ0) is 16.2. The first kappa shape index (κ1) is 16.0. The van der Waals surface area contributed by atoms with Gasteiger partial charge >= 0.3 is 0 Å². The molecule has 1 amide bonds. The molecule has 1 unspecified atom stereocenters. The molecule has 0 radical (unpaired) electrons. The molecule has 1 aromatic carbocycles. The lowest BCUT2D eigenvalue weighted by Gasteiger charge is -2.35. The number of nitrogens with zero attached hydrogens (tertiary/aromatic N) is 2. The summed E-state index contributed by atoms with van der Waals surface area (Å²) in [7, 11) is 0. The van der Waals surface area contributed by atoms with Crippen LogP contribution in [0.15, 0.2) is 30.5 Å². The molecule has 2 aromatic rings. The lowest BCUT2D eigenvalue weighted by Crippen LogP contribution is -2.50. The summed E-state index contributed by atoms with van der Waals surface area (Å²) in [6.07, 6.45) is 2.90. The molecule has 1 atom stereocenters. The Hall–Kier alpha value is -1.85. The predicted molar refractivity (Wildman–Crippen MR) is 91.3 cm³/mol. The van der Waals surface area contributed by atoms with E-state index < -0.39 is 0 Å². The van der Waals surface area contributed by atoms with Crippen molar-refractivity contribution >= 4 is 16.8 Å². The molecular formula is C18H25N3O2. The number of rotatable bonds is 5. The summed E-state index contributed by atoms with van der Waals surface area (Å²) in [5.74, 6) is 0.186. The fourth-order valence-corrected chi connectivity index (χ4v) is 3.16. The average molecular weight is 315 g/mol. The van der Waals surface area contributed by atoms with E-state index in [1.807, 2.05) is 36.2 Å². The van der Waals surface area contributed by atoms with E-state index in [0.717, 1.165) is 49.1 Å². The third-order valence-corrected chi connectivity index (χ3v) is 4.68. The fraction of sp³-hybridized carbons (Fsp3) is 0.500. The van der Waals surface area contributed by atoms with Gasteiger partial charge < -0.3 is 15.0 Å². The summed E-state index contributed by atoms with van der Waals surface area (Å²) in [5.41, 5.74) is 2.14. The van der Waals surface area contributed by atoms with E-state index in [4.69, 9.17) is 0 Å². The van der Waals surface area contributed by atoms with Crippen LogP contribution in [0.2, 0.25) is 0 Å². The minimum absolute atomic E-state index is 0.186. The van der Waals surface area contributed by atoms with Gasteiger partial charge in [-0.2, -0.15) is 0 Å². The van der Waals surface area contributed by atoms with Crippen LogP contribution in [-0.2, 0) is 11.2 Å². The second-order valence-electron chi connectivity index (χ2n) is 6.28. The molecule has 5 nitrogen and oxygen atoms in total. The maximum absolute atomic E-state index is 12.5. The number of piperazine rings is 1. The van der Waals surface area contributed by atoms with Gasteiger partial charge in [-0.15, -0.1) is 0 Å². The molecule has 0 bridgehead atoms. The van der Waals surface area contributed by atoms with E-state index in [0.29, 0.717) is 13.0 Å². The SMILES string of the molecule is CCC(O)CN1CCN(C(=O)Cc2c[nH]c3ccccc23)CC1. The molecule has 0 spiro atoms. The van der Waals surface area contributed by atoms with E-state index >= 15 is 0 Å². The Morgan fingerprint density at radius 2 is 2.00 bits per heavy atom. The smallest absolute Gasteiger partial charge is 0.227 e. The Bertz CT molecular complexity index is 659. The summed E-state index contributed by atoms with van der Waals surface area (Å²) in [5, 5.41) is 10.9. The standard InChI is InChI=1S/C18H25N3O2/c1-2-15(22)13-20-7-9-21(10-8-20)18(23)11-14-12-19-17-6-4-3-5-16(14)17/h3-6,12,15,19,22H,2,7-11,13H2,1H3. The Kier molecular flexibility index (Phi) is 4.98. The normalized spacial score (nSPS) is 17.6. The first-order valence-electron chi connectivity index (χ1n) is 8.40. The highest BCUT2D eigenvalue weighted by Crippen LogP contribution is 2.19. The maximum Gasteiger partial charge on any atom is 0.227 e. The number of hydrogen-bond donors (Lipinski definition) is 2. The molecule has 1 aliphatic rings. The van der Waals surface area contributed by atoms with Crippen LogP contribution in [0, 0.1) is 0 Å². The van der Waals surface area contributed by atoms with Crippen molar-refractivity contribution in [3.05, 3.63) is 36.0 Å². The predicted octanol–water partition coefficient (Wildman–Crippen LogP) is 1.63. The maximum atomic E-state index is 12.5. The van der Waals surface area contributed by atoms with Crippen molar-refractivity contribution in [2.45, 2.75) is 25.9 Å². The van der Waals surface area contributed by atoms with Crippen molar-refractivity contribution in [3.63, 3.8) is 0 Å². The number of nitrogens with one attached hydrogen (secondary N) is 1. The summed E-state index contributed by atoms with van der Waals surface area (Å²) < 4.78 is 0. The second kappa shape index (κ2) is 7.15. The zero-order valence-electron chi connectivity index (χ0n) is 13.7. The van der Waals surface area contributed by atoms with E-state index in [1.54, 1.807) is 0 Å². The highest BCUT2D eigenvalue weighted by Gasteiger charge is 2.22. The molecule has 23 heavy (non-hydrogen) atoms. The van der Waals surface area contributed by atoms with Crippen LogP contribution in [-0.4, -0.2) is 64.6 Å². The first-order chi connectivity index (χ1) is 11.2. The highest BCUT2D eigenvalue weighted by atomic mass is 16.3. The number of aliphatic hydroxyl groups excluding tert-OH is 1. The molecule has 1 saturated heterocycles. The van der Waals surface area contributed by atoms with Crippen LogP contribution in [0.4, 0.5) is 0 Å². The number of H-pyrrole nitrogens is 1. The van der Waals surface area contributed by atoms with Gasteiger partial charge in [0, 0.05) is 49.8 Å². The molecule has 1 fully saturated rings. The van der Waals surface area contributed by atoms with Crippen LogP contribution in [0.1, 0.15) is 18.9 Å². The second-order valence-corrected chi connectivity index (χ2v) is 6.28.